The minimum atomic E-state index is -2.02. The van der Waals surface area contributed by atoms with Crippen LogP contribution in [0.25, 0.3) is 5.69 Å². The van der Waals surface area contributed by atoms with Gasteiger partial charge < -0.3 is 19.5 Å². The summed E-state index contributed by atoms with van der Waals surface area (Å²) in [6, 6.07) is 8.67. The van der Waals surface area contributed by atoms with Crippen LogP contribution in [0.3, 0.4) is 0 Å². The van der Waals surface area contributed by atoms with E-state index in [1.165, 1.54) is 14.8 Å². The van der Waals surface area contributed by atoms with E-state index in [1.807, 2.05) is 0 Å². The number of carbonyl (C=O) groups excluding carboxylic acids is 2. The van der Waals surface area contributed by atoms with E-state index < -0.39 is 35.5 Å². The summed E-state index contributed by atoms with van der Waals surface area (Å²) in [5.74, 6) is -1.77. The molecule has 42 heavy (non-hydrogen) atoms. The fourth-order valence-corrected chi connectivity index (χ4v) is 4.94. The van der Waals surface area contributed by atoms with Crippen LogP contribution in [-0.4, -0.2) is 99.1 Å². The van der Waals surface area contributed by atoms with Crippen LogP contribution in [0.4, 0.5) is 24.1 Å². The Morgan fingerprint density at radius 3 is 2.60 bits per heavy atom. The van der Waals surface area contributed by atoms with Gasteiger partial charge in [-0.25, -0.2) is 28.1 Å². The van der Waals surface area contributed by atoms with Gasteiger partial charge in [-0.2, -0.15) is 0 Å². The van der Waals surface area contributed by atoms with Gasteiger partial charge in [0.1, 0.15) is 22.3 Å². The quantitative estimate of drug-likeness (QED) is 0.283. The summed E-state index contributed by atoms with van der Waals surface area (Å²) in [5.41, 5.74) is -0.829. The van der Waals surface area contributed by atoms with Crippen molar-refractivity contribution < 1.29 is 33.0 Å². The highest BCUT2D eigenvalue weighted by molar-refractivity contribution is 5.94. The second-order valence-corrected chi connectivity index (χ2v) is 9.72. The molecule has 5 rings (SSSR count). The number of ether oxygens (including phenoxy) is 2. The van der Waals surface area contributed by atoms with Crippen molar-refractivity contribution in [2.24, 2.45) is 5.10 Å². The Hall–Kier alpha value is -4.88. The van der Waals surface area contributed by atoms with E-state index in [0.29, 0.717) is 18.3 Å². The number of amides is 2. The van der Waals surface area contributed by atoms with Gasteiger partial charge in [-0.1, -0.05) is 16.2 Å². The van der Waals surface area contributed by atoms with Gasteiger partial charge in [-0.05, 0) is 44.2 Å². The Morgan fingerprint density at radius 2 is 1.90 bits per heavy atom. The first kappa shape index (κ1) is 28.6. The maximum atomic E-state index is 15.1. The summed E-state index contributed by atoms with van der Waals surface area (Å²) in [4.78, 5) is 29.5. The third-order valence-corrected chi connectivity index (χ3v) is 7.13. The zero-order valence-corrected chi connectivity index (χ0v) is 22.9. The number of aliphatic hydroxyl groups is 1. The zero-order valence-electron chi connectivity index (χ0n) is 22.9. The number of hydrogen-bond donors (Lipinski definition) is 1. The lowest BCUT2D eigenvalue weighted by atomic mass is 9.85. The SMILES string of the molecule is CCOC(=O)OCN1[C+]=NN(C[C@@](O)(c2ccc(F)cc2F)[C@@H](C)N2CCN(c3ccc(-n4ccnn4)cc3)C2=O)C1. The lowest BCUT2D eigenvalue weighted by Gasteiger charge is -2.40. The summed E-state index contributed by atoms with van der Waals surface area (Å²) in [5, 5.41) is 25.3. The van der Waals surface area contributed by atoms with E-state index in [4.69, 9.17) is 9.47 Å². The molecule has 2 atom stereocenters. The molecule has 0 unspecified atom stereocenters. The van der Waals surface area contributed by atoms with E-state index >= 15 is 4.39 Å². The van der Waals surface area contributed by atoms with Crippen LogP contribution in [0.15, 0.2) is 60.0 Å². The highest BCUT2D eigenvalue weighted by Crippen LogP contribution is 2.35. The molecule has 0 radical (unpaired) electrons. The summed E-state index contributed by atoms with van der Waals surface area (Å²) >= 11 is 0. The number of halogens is 2. The number of rotatable bonds is 10. The van der Waals surface area contributed by atoms with Crippen molar-refractivity contribution in [3.8, 4) is 5.69 Å². The smallest absolute Gasteiger partial charge is 0.435 e. The largest absolute Gasteiger partial charge is 0.547 e. The van der Waals surface area contributed by atoms with Crippen molar-refractivity contribution in [3.63, 3.8) is 0 Å². The van der Waals surface area contributed by atoms with E-state index in [1.54, 1.807) is 60.1 Å². The predicted octanol–water partition coefficient (Wildman–Crippen LogP) is 2.59. The first-order valence-corrected chi connectivity index (χ1v) is 13.2. The summed E-state index contributed by atoms with van der Waals surface area (Å²) in [7, 11) is 0. The number of anilines is 1. The van der Waals surface area contributed by atoms with Crippen LogP contribution in [0.2, 0.25) is 0 Å². The lowest BCUT2D eigenvalue weighted by molar-refractivity contribution is -0.0601. The van der Waals surface area contributed by atoms with Gasteiger partial charge in [-0.15, -0.1) is 5.10 Å². The maximum absolute atomic E-state index is 15.1. The second kappa shape index (κ2) is 11.9. The number of benzene rings is 2. The van der Waals surface area contributed by atoms with Crippen LogP contribution in [0, 0.1) is 11.6 Å². The Bertz CT molecular complexity index is 1440. The molecule has 0 spiro atoms. The van der Waals surface area contributed by atoms with Crippen molar-refractivity contribution in [2.45, 2.75) is 25.5 Å². The topological polar surface area (TPSA) is 129 Å². The first-order valence-electron chi connectivity index (χ1n) is 13.2. The third kappa shape index (κ3) is 5.78. The molecule has 2 aliphatic rings. The molecule has 220 valence electrons. The molecule has 3 heterocycles. The molecule has 0 saturated carbocycles. The fraction of sp³-hybridized carbons (Fsp3) is 0.370. The Balaban J connectivity index is 1.34. The number of nitrogens with zero attached hydrogens (tertiary/aromatic N) is 8. The standard InChI is InChI=1S/C27H29F2N8O5/c1-3-41-26(39)42-18-33-16-31-34(17-33)15-27(40,23-9-4-20(28)14-24(23)29)19(2)35-12-13-36(25(35)38)21-5-7-22(8-6-21)37-11-10-30-32-37/h4-11,14,19,40H,3,12-13,15,17-18H2,1-2H3/q+1/t19-,27+/m1/s1. The van der Waals surface area contributed by atoms with Gasteiger partial charge in [0.15, 0.2) is 6.67 Å². The molecule has 1 N–H and O–H groups in total. The molecule has 2 amide bonds. The minimum absolute atomic E-state index is 0.0371. The van der Waals surface area contributed by atoms with Gasteiger partial charge >= 0.3 is 18.5 Å². The number of β-amino-alcohol motifs (C(OH)–C–C–N with tert-alkyl or cyclic N) is 1. The number of hydrogen-bond acceptors (Lipinski definition) is 10. The Kier molecular flexibility index (Phi) is 8.13. The monoisotopic (exact) mass is 583 g/mol. The number of aromatic nitrogens is 3. The highest BCUT2D eigenvalue weighted by atomic mass is 19.1. The van der Waals surface area contributed by atoms with E-state index in [9.17, 15) is 19.1 Å². The number of urea groups is 1. The predicted molar refractivity (Wildman–Crippen MR) is 144 cm³/mol. The van der Waals surface area contributed by atoms with Crippen molar-refractivity contribution in [1.82, 2.24) is 29.8 Å². The Labute approximate surface area is 240 Å². The van der Waals surface area contributed by atoms with Gasteiger partial charge in [0, 0.05) is 30.4 Å². The molecule has 0 bridgehead atoms. The molecule has 3 aromatic rings. The third-order valence-electron chi connectivity index (χ3n) is 7.13. The first-order chi connectivity index (χ1) is 20.2. The van der Waals surface area contributed by atoms with Crippen molar-refractivity contribution >= 4 is 24.2 Å². The van der Waals surface area contributed by atoms with E-state index in [-0.39, 0.29) is 38.7 Å². The van der Waals surface area contributed by atoms with E-state index in [2.05, 4.69) is 21.8 Å². The number of hydrazone groups is 1. The summed E-state index contributed by atoms with van der Waals surface area (Å²) in [6.07, 6.45) is 5.05. The molecule has 1 saturated heterocycles. The minimum Gasteiger partial charge on any atom is -0.435 e. The molecule has 15 heteroatoms. The lowest BCUT2D eigenvalue weighted by Crippen LogP contribution is -2.55. The molecular weight excluding hydrogens is 554 g/mol. The molecule has 1 aromatic heterocycles. The zero-order chi connectivity index (χ0) is 29.9. The highest BCUT2D eigenvalue weighted by Gasteiger charge is 2.48. The van der Waals surface area contributed by atoms with Gasteiger partial charge in [0.05, 0.1) is 37.3 Å². The molecule has 2 aromatic carbocycles. The van der Waals surface area contributed by atoms with Crippen LogP contribution < -0.4 is 4.90 Å². The van der Waals surface area contributed by atoms with Crippen molar-refractivity contribution in [3.05, 3.63) is 72.1 Å². The molecular formula is C27H29F2N8O5+. The van der Waals surface area contributed by atoms with Crippen LogP contribution in [0.5, 0.6) is 0 Å². The summed E-state index contributed by atoms with van der Waals surface area (Å²) < 4.78 is 40.3. The molecule has 13 nitrogen and oxygen atoms in total. The van der Waals surface area contributed by atoms with Crippen molar-refractivity contribution in [2.75, 3.05) is 44.5 Å². The van der Waals surface area contributed by atoms with Crippen LogP contribution >= 0.6 is 0 Å². The van der Waals surface area contributed by atoms with Gasteiger partial charge in [0.2, 0.25) is 6.73 Å². The number of carbonyl (C=O) groups is 2. The van der Waals surface area contributed by atoms with Gasteiger partial charge in [0.25, 0.3) is 0 Å². The molecule has 2 aliphatic heterocycles. The average molecular weight is 584 g/mol. The average Bonchev–Trinajstić information content (AvgIpc) is 3.74. The Morgan fingerprint density at radius 1 is 1.14 bits per heavy atom. The summed E-state index contributed by atoms with van der Waals surface area (Å²) in [6.45, 7) is 3.50. The second-order valence-electron chi connectivity index (χ2n) is 9.72. The normalized spacial score (nSPS) is 16.9. The molecule has 0 aliphatic carbocycles. The molecule has 1 fully saturated rings. The van der Waals surface area contributed by atoms with Gasteiger partial charge in [-0.3, -0.25) is 4.90 Å². The van der Waals surface area contributed by atoms with Crippen molar-refractivity contribution in [1.29, 1.82) is 0 Å². The van der Waals surface area contributed by atoms with E-state index in [0.717, 1.165) is 17.8 Å². The van der Waals surface area contributed by atoms with Crippen LogP contribution in [0.1, 0.15) is 19.4 Å². The van der Waals surface area contributed by atoms with Crippen LogP contribution in [-0.2, 0) is 15.1 Å². The maximum Gasteiger partial charge on any atom is 0.547 e. The fourth-order valence-electron chi connectivity index (χ4n) is 4.94.